The van der Waals surface area contributed by atoms with Crippen molar-refractivity contribution in [2.24, 2.45) is 5.92 Å². The number of halogens is 1. The number of ether oxygens (including phenoxy) is 1. The zero-order chi connectivity index (χ0) is 19.1. The number of fused-ring (bicyclic) bond motifs is 3. The Morgan fingerprint density at radius 1 is 1.18 bits per heavy atom. The van der Waals surface area contributed by atoms with Gasteiger partial charge in [-0.2, -0.15) is 0 Å². The zero-order valence-electron chi connectivity index (χ0n) is 14.9. The third-order valence-electron chi connectivity index (χ3n) is 5.49. The number of nitrogens with one attached hydrogen (secondary N) is 1. The lowest BCUT2D eigenvalue weighted by molar-refractivity contribution is -0.0353. The maximum absolute atomic E-state index is 14.5. The van der Waals surface area contributed by atoms with E-state index in [9.17, 15) is 9.50 Å². The molecule has 0 amide bonds. The molecule has 144 valence electrons. The largest absolute Gasteiger partial charge is 0.507 e. The summed E-state index contributed by atoms with van der Waals surface area (Å²) in [6.45, 7) is 0.771. The summed E-state index contributed by atoms with van der Waals surface area (Å²) < 4.78 is 21.9. The zero-order valence-corrected chi connectivity index (χ0v) is 14.9. The van der Waals surface area contributed by atoms with Crippen LogP contribution in [0.25, 0.3) is 16.9 Å². The van der Waals surface area contributed by atoms with Crippen LogP contribution in [0.3, 0.4) is 0 Å². The topological polar surface area (TPSA) is 98.0 Å². The first-order chi connectivity index (χ1) is 13.7. The molecule has 28 heavy (non-hydrogen) atoms. The molecule has 2 aromatic heterocycles. The molecule has 1 aromatic carbocycles. The monoisotopic (exact) mass is 382 g/mol. The first-order valence-corrected chi connectivity index (χ1v) is 9.27. The van der Waals surface area contributed by atoms with Gasteiger partial charge in [0.15, 0.2) is 6.17 Å². The van der Waals surface area contributed by atoms with E-state index in [2.05, 4.69) is 25.8 Å². The summed E-state index contributed by atoms with van der Waals surface area (Å²) in [7, 11) is 0. The minimum atomic E-state index is -1.04. The molecule has 2 unspecified atom stereocenters. The third-order valence-corrected chi connectivity index (χ3v) is 5.49. The molecule has 8 nitrogen and oxygen atoms in total. The number of aromatic hydroxyl groups is 1. The molecule has 1 saturated carbocycles. The van der Waals surface area contributed by atoms with Gasteiger partial charge in [-0.3, -0.25) is 0 Å². The second kappa shape index (κ2) is 6.83. The lowest BCUT2D eigenvalue weighted by Gasteiger charge is -2.44. The predicted octanol–water partition coefficient (Wildman–Crippen LogP) is 1.90. The highest BCUT2D eigenvalue weighted by Gasteiger charge is 2.45. The van der Waals surface area contributed by atoms with Crippen LogP contribution in [0.1, 0.15) is 12.8 Å². The smallest absolute Gasteiger partial charge is 0.233 e. The van der Waals surface area contributed by atoms with Crippen LogP contribution in [-0.2, 0) is 0 Å². The van der Waals surface area contributed by atoms with E-state index in [4.69, 9.17) is 4.74 Å². The Balaban J connectivity index is 1.34. The van der Waals surface area contributed by atoms with Gasteiger partial charge in [0, 0.05) is 36.2 Å². The average Bonchev–Trinajstić information content (AvgIpc) is 3.27. The van der Waals surface area contributed by atoms with Crippen LogP contribution < -0.4 is 10.1 Å². The highest BCUT2D eigenvalue weighted by atomic mass is 19.1. The quantitative estimate of drug-likeness (QED) is 0.711. The highest BCUT2D eigenvalue weighted by Crippen LogP contribution is 2.35. The Morgan fingerprint density at radius 2 is 2.11 bits per heavy atom. The second-order valence-corrected chi connectivity index (χ2v) is 7.18. The fourth-order valence-corrected chi connectivity index (χ4v) is 3.99. The van der Waals surface area contributed by atoms with Crippen molar-refractivity contribution >= 4 is 0 Å². The van der Waals surface area contributed by atoms with Crippen LogP contribution in [0.15, 0.2) is 42.7 Å². The molecule has 2 N–H and O–H groups in total. The first-order valence-electron chi connectivity index (χ1n) is 9.27. The number of hydrogen-bond donors (Lipinski definition) is 2. The van der Waals surface area contributed by atoms with E-state index in [1.165, 1.54) is 0 Å². The first kappa shape index (κ1) is 17.1. The summed E-state index contributed by atoms with van der Waals surface area (Å²) in [4.78, 5) is 0. The van der Waals surface area contributed by atoms with E-state index in [1.54, 1.807) is 47.4 Å². The minimum Gasteiger partial charge on any atom is -0.507 e. The van der Waals surface area contributed by atoms with Gasteiger partial charge in [-0.05, 0) is 31.0 Å². The maximum atomic E-state index is 14.5. The standard InChI is InChI=1S/C19H19FN6O2/c20-18-15-4-1-11(10-21-15)19(18)28-17-6-5-14(23-24-17)13-3-2-12(9-16(13)27)26-8-7-22-25-26/h2-3,5-9,11,15,18-19,21,27H,1,4,10H2/t11?,15?,18-,19-/m1/s1. The number of alkyl halides is 1. The van der Waals surface area contributed by atoms with E-state index in [0.717, 1.165) is 19.4 Å². The Labute approximate surface area is 160 Å². The van der Waals surface area contributed by atoms with E-state index in [-0.39, 0.29) is 17.7 Å². The summed E-state index contributed by atoms with van der Waals surface area (Å²) in [6, 6.07) is 8.35. The SMILES string of the molecule is Oc1cc(-n2ccnn2)ccc1-c1ccc(O[C@@H]2C3CCC(NC3)[C@H]2F)nn1. The van der Waals surface area contributed by atoms with Crippen molar-refractivity contribution in [2.75, 3.05) is 6.54 Å². The number of rotatable bonds is 4. The molecule has 4 atom stereocenters. The molecule has 2 saturated heterocycles. The maximum Gasteiger partial charge on any atom is 0.233 e. The second-order valence-electron chi connectivity index (χ2n) is 7.18. The molecule has 3 aromatic rings. The van der Waals surface area contributed by atoms with Gasteiger partial charge in [-0.1, -0.05) is 5.21 Å². The van der Waals surface area contributed by atoms with Gasteiger partial charge in [0.2, 0.25) is 5.88 Å². The van der Waals surface area contributed by atoms with Crippen molar-refractivity contribution in [2.45, 2.75) is 31.2 Å². The molecule has 4 heterocycles. The van der Waals surface area contributed by atoms with E-state index in [1.807, 2.05) is 0 Å². The third kappa shape index (κ3) is 2.97. The molecule has 6 rings (SSSR count). The van der Waals surface area contributed by atoms with Gasteiger partial charge in [0.25, 0.3) is 0 Å². The normalized spacial score (nSPS) is 26.3. The van der Waals surface area contributed by atoms with Gasteiger partial charge >= 0.3 is 0 Å². The van der Waals surface area contributed by atoms with Crippen molar-refractivity contribution in [3.63, 3.8) is 0 Å². The van der Waals surface area contributed by atoms with Gasteiger partial charge < -0.3 is 15.2 Å². The van der Waals surface area contributed by atoms with Crippen molar-refractivity contribution < 1.29 is 14.2 Å². The minimum absolute atomic E-state index is 0.0513. The molecule has 3 fully saturated rings. The highest BCUT2D eigenvalue weighted by molar-refractivity contribution is 5.68. The fourth-order valence-electron chi connectivity index (χ4n) is 3.99. The Morgan fingerprint density at radius 3 is 2.75 bits per heavy atom. The van der Waals surface area contributed by atoms with Gasteiger partial charge in [-0.25, -0.2) is 9.07 Å². The molecule has 2 bridgehead atoms. The van der Waals surface area contributed by atoms with Crippen molar-refractivity contribution in [3.8, 4) is 28.6 Å². The predicted molar refractivity (Wildman–Crippen MR) is 97.9 cm³/mol. The summed E-state index contributed by atoms with van der Waals surface area (Å²) in [5, 5.41) is 29.4. The van der Waals surface area contributed by atoms with Crippen LogP contribution in [0.2, 0.25) is 0 Å². The lowest BCUT2D eigenvalue weighted by atomic mass is 9.78. The molecule has 2 aliphatic heterocycles. The molecule has 9 heteroatoms. The van der Waals surface area contributed by atoms with Gasteiger partial charge in [0.1, 0.15) is 11.9 Å². The Kier molecular flexibility index (Phi) is 4.16. The van der Waals surface area contributed by atoms with E-state index >= 15 is 0 Å². The van der Waals surface area contributed by atoms with Gasteiger partial charge in [0.05, 0.1) is 23.8 Å². The van der Waals surface area contributed by atoms with Crippen LogP contribution in [0.4, 0.5) is 4.39 Å². The molecular formula is C19H19FN6O2. The molecule has 0 spiro atoms. The number of aromatic nitrogens is 5. The summed E-state index contributed by atoms with van der Waals surface area (Å²) in [5.74, 6) is 0.494. The van der Waals surface area contributed by atoms with Crippen molar-refractivity contribution in [3.05, 3.63) is 42.7 Å². The number of nitrogens with zero attached hydrogens (tertiary/aromatic N) is 5. The number of hydrogen-bond acceptors (Lipinski definition) is 7. The van der Waals surface area contributed by atoms with Crippen molar-refractivity contribution in [1.82, 2.24) is 30.5 Å². The summed E-state index contributed by atoms with van der Waals surface area (Å²) in [6.07, 6.45) is 3.52. The number of benzene rings is 1. The number of phenolic OH excluding ortho intramolecular Hbond substituents is 1. The van der Waals surface area contributed by atoms with Crippen LogP contribution in [0, 0.1) is 5.92 Å². The number of phenols is 1. The van der Waals surface area contributed by atoms with Crippen molar-refractivity contribution in [1.29, 1.82) is 0 Å². The lowest BCUT2D eigenvalue weighted by Crippen LogP contribution is -2.61. The van der Waals surface area contributed by atoms with E-state index in [0.29, 0.717) is 22.8 Å². The van der Waals surface area contributed by atoms with E-state index < -0.39 is 12.3 Å². The Hall–Kier alpha value is -3.07. The van der Waals surface area contributed by atoms with Gasteiger partial charge in [-0.15, -0.1) is 15.3 Å². The summed E-state index contributed by atoms with van der Waals surface area (Å²) in [5.41, 5.74) is 1.72. The molecule has 0 radical (unpaired) electrons. The summed E-state index contributed by atoms with van der Waals surface area (Å²) >= 11 is 0. The van der Waals surface area contributed by atoms with Crippen LogP contribution >= 0.6 is 0 Å². The Bertz CT molecular complexity index is 955. The van der Waals surface area contributed by atoms with Crippen LogP contribution in [-0.4, -0.2) is 55.2 Å². The molecular weight excluding hydrogens is 363 g/mol. The molecule has 1 aliphatic carbocycles. The number of piperidine rings is 2. The average molecular weight is 382 g/mol. The molecule has 3 aliphatic rings. The fraction of sp³-hybridized carbons (Fsp3) is 0.368. The van der Waals surface area contributed by atoms with Crippen LogP contribution in [0.5, 0.6) is 11.6 Å².